The van der Waals surface area contributed by atoms with Crippen LogP contribution in [0.3, 0.4) is 0 Å². The number of rotatable bonds is 3. The van der Waals surface area contributed by atoms with Gasteiger partial charge in [-0.2, -0.15) is 0 Å². The standard InChI is InChI=1S/C13H14N2O4/c1-8(16)14-10-2-4-11(5-3-10)15-7-9(13(18)19)6-12(15)17/h2-5,9H,6-7H2,1H3,(H,14,16)(H,18,19). The van der Waals surface area contributed by atoms with E-state index in [0.717, 1.165) is 0 Å². The van der Waals surface area contributed by atoms with Crippen molar-refractivity contribution in [3.8, 4) is 0 Å². The minimum absolute atomic E-state index is 0.0305. The first kappa shape index (κ1) is 13.1. The van der Waals surface area contributed by atoms with E-state index in [-0.39, 0.29) is 24.8 Å². The molecule has 1 atom stereocenters. The molecule has 1 aliphatic heterocycles. The van der Waals surface area contributed by atoms with Gasteiger partial charge in [0.05, 0.1) is 5.92 Å². The summed E-state index contributed by atoms with van der Waals surface area (Å²) in [5, 5.41) is 11.5. The fourth-order valence-corrected chi connectivity index (χ4v) is 2.05. The molecule has 2 N–H and O–H groups in total. The molecule has 100 valence electrons. The molecule has 1 unspecified atom stereocenters. The van der Waals surface area contributed by atoms with Crippen LogP contribution in [0.15, 0.2) is 24.3 Å². The van der Waals surface area contributed by atoms with E-state index in [2.05, 4.69) is 5.32 Å². The zero-order valence-electron chi connectivity index (χ0n) is 10.4. The predicted octanol–water partition coefficient (Wildman–Crippen LogP) is 1.08. The van der Waals surface area contributed by atoms with Crippen LogP contribution < -0.4 is 10.2 Å². The van der Waals surface area contributed by atoms with Crippen LogP contribution in [0.1, 0.15) is 13.3 Å². The lowest BCUT2D eigenvalue weighted by atomic mass is 10.1. The molecule has 1 aromatic carbocycles. The van der Waals surface area contributed by atoms with Crippen molar-refractivity contribution in [2.45, 2.75) is 13.3 Å². The number of aliphatic carboxylic acids is 1. The Kier molecular flexibility index (Phi) is 3.50. The normalized spacial score (nSPS) is 18.5. The summed E-state index contributed by atoms with van der Waals surface area (Å²) in [4.78, 5) is 35.0. The van der Waals surface area contributed by atoms with Crippen LogP contribution in [0, 0.1) is 5.92 Å². The average molecular weight is 262 g/mol. The molecule has 0 spiro atoms. The summed E-state index contributed by atoms with van der Waals surface area (Å²) in [6, 6.07) is 6.73. The zero-order chi connectivity index (χ0) is 14.0. The molecule has 1 aromatic rings. The number of benzene rings is 1. The minimum atomic E-state index is -0.953. The van der Waals surface area contributed by atoms with E-state index in [1.165, 1.54) is 11.8 Å². The van der Waals surface area contributed by atoms with Crippen molar-refractivity contribution >= 4 is 29.2 Å². The molecule has 1 fully saturated rings. The molecule has 2 rings (SSSR count). The monoisotopic (exact) mass is 262 g/mol. The van der Waals surface area contributed by atoms with Crippen LogP contribution >= 0.6 is 0 Å². The molecule has 0 saturated carbocycles. The Labute approximate surface area is 110 Å². The van der Waals surface area contributed by atoms with Gasteiger partial charge in [-0.1, -0.05) is 0 Å². The van der Waals surface area contributed by atoms with Gasteiger partial charge in [0.15, 0.2) is 0 Å². The quantitative estimate of drug-likeness (QED) is 0.853. The molecule has 1 saturated heterocycles. The Balaban J connectivity index is 2.12. The zero-order valence-corrected chi connectivity index (χ0v) is 10.4. The summed E-state index contributed by atoms with van der Waals surface area (Å²) in [6.45, 7) is 1.60. The summed E-state index contributed by atoms with van der Waals surface area (Å²) in [5.41, 5.74) is 1.28. The lowest BCUT2D eigenvalue weighted by Crippen LogP contribution is -2.25. The summed E-state index contributed by atoms with van der Waals surface area (Å²) in [7, 11) is 0. The highest BCUT2D eigenvalue weighted by Gasteiger charge is 2.34. The van der Waals surface area contributed by atoms with Gasteiger partial charge in [0.25, 0.3) is 0 Å². The molecule has 6 nitrogen and oxygen atoms in total. The number of hydrogen-bond acceptors (Lipinski definition) is 3. The van der Waals surface area contributed by atoms with Crippen molar-refractivity contribution in [3.63, 3.8) is 0 Å². The second-order valence-corrected chi connectivity index (χ2v) is 4.47. The van der Waals surface area contributed by atoms with Gasteiger partial charge in [0, 0.05) is 31.3 Å². The van der Waals surface area contributed by atoms with Gasteiger partial charge in [-0.05, 0) is 24.3 Å². The molecule has 1 aliphatic rings. The third kappa shape index (κ3) is 2.90. The van der Waals surface area contributed by atoms with Gasteiger partial charge < -0.3 is 15.3 Å². The minimum Gasteiger partial charge on any atom is -0.481 e. The number of anilines is 2. The highest BCUT2D eigenvalue weighted by Crippen LogP contribution is 2.26. The number of nitrogens with one attached hydrogen (secondary N) is 1. The van der Waals surface area contributed by atoms with Crippen LogP contribution in [0.5, 0.6) is 0 Å². The largest absolute Gasteiger partial charge is 0.481 e. The fraction of sp³-hybridized carbons (Fsp3) is 0.308. The first-order valence-electron chi connectivity index (χ1n) is 5.88. The third-order valence-electron chi connectivity index (χ3n) is 2.97. The topological polar surface area (TPSA) is 86.7 Å². The van der Waals surface area contributed by atoms with E-state index < -0.39 is 11.9 Å². The lowest BCUT2D eigenvalue weighted by Gasteiger charge is -2.16. The number of carboxylic acids is 1. The van der Waals surface area contributed by atoms with Crippen molar-refractivity contribution in [1.29, 1.82) is 0 Å². The van der Waals surface area contributed by atoms with Gasteiger partial charge in [-0.3, -0.25) is 14.4 Å². The van der Waals surface area contributed by atoms with E-state index in [9.17, 15) is 14.4 Å². The summed E-state index contributed by atoms with van der Waals surface area (Å²) < 4.78 is 0. The third-order valence-corrected chi connectivity index (χ3v) is 2.97. The van der Waals surface area contributed by atoms with Crippen molar-refractivity contribution < 1.29 is 19.5 Å². The number of carboxylic acid groups (broad SMARTS) is 1. The Morgan fingerprint density at radius 1 is 1.32 bits per heavy atom. The molecule has 2 amide bonds. The molecule has 19 heavy (non-hydrogen) atoms. The van der Waals surface area contributed by atoms with E-state index in [1.54, 1.807) is 24.3 Å². The van der Waals surface area contributed by atoms with Gasteiger partial charge in [-0.15, -0.1) is 0 Å². The van der Waals surface area contributed by atoms with E-state index in [0.29, 0.717) is 11.4 Å². The lowest BCUT2D eigenvalue weighted by molar-refractivity contribution is -0.141. The van der Waals surface area contributed by atoms with Crippen molar-refractivity contribution in [2.75, 3.05) is 16.8 Å². The van der Waals surface area contributed by atoms with Crippen LogP contribution in [0.4, 0.5) is 11.4 Å². The maximum atomic E-state index is 11.7. The summed E-state index contributed by atoms with van der Waals surface area (Å²) >= 11 is 0. The van der Waals surface area contributed by atoms with E-state index in [1.807, 2.05) is 0 Å². The number of hydrogen-bond donors (Lipinski definition) is 2. The van der Waals surface area contributed by atoms with Crippen molar-refractivity contribution in [3.05, 3.63) is 24.3 Å². The van der Waals surface area contributed by atoms with Gasteiger partial charge >= 0.3 is 5.97 Å². The Morgan fingerprint density at radius 3 is 2.42 bits per heavy atom. The van der Waals surface area contributed by atoms with Crippen molar-refractivity contribution in [1.82, 2.24) is 0 Å². The highest BCUT2D eigenvalue weighted by atomic mass is 16.4. The molecule has 1 heterocycles. The molecule has 0 aliphatic carbocycles. The first-order chi connectivity index (χ1) is 8.97. The Morgan fingerprint density at radius 2 is 1.95 bits per heavy atom. The SMILES string of the molecule is CC(=O)Nc1ccc(N2CC(C(=O)O)CC2=O)cc1. The van der Waals surface area contributed by atoms with Crippen LogP contribution in [-0.2, 0) is 14.4 Å². The second-order valence-electron chi connectivity index (χ2n) is 4.47. The average Bonchev–Trinajstić information content (AvgIpc) is 2.72. The number of amides is 2. The molecule has 0 aromatic heterocycles. The van der Waals surface area contributed by atoms with E-state index in [4.69, 9.17) is 5.11 Å². The second kappa shape index (κ2) is 5.09. The highest BCUT2D eigenvalue weighted by molar-refractivity contribution is 5.99. The first-order valence-corrected chi connectivity index (χ1v) is 5.88. The molecule has 6 heteroatoms. The Hall–Kier alpha value is -2.37. The number of carbonyl (C=O) groups is 3. The van der Waals surface area contributed by atoms with Crippen LogP contribution in [-0.4, -0.2) is 29.4 Å². The molecule has 0 bridgehead atoms. The van der Waals surface area contributed by atoms with Gasteiger partial charge in [0.1, 0.15) is 0 Å². The van der Waals surface area contributed by atoms with Gasteiger partial charge in [0.2, 0.25) is 11.8 Å². The van der Waals surface area contributed by atoms with Crippen LogP contribution in [0.25, 0.3) is 0 Å². The summed E-state index contributed by atoms with van der Waals surface area (Å²) in [5.74, 6) is -1.97. The van der Waals surface area contributed by atoms with Crippen molar-refractivity contribution in [2.24, 2.45) is 5.92 Å². The predicted molar refractivity (Wildman–Crippen MR) is 68.8 cm³/mol. The molecular formula is C13H14N2O4. The smallest absolute Gasteiger partial charge is 0.308 e. The maximum absolute atomic E-state index is 11.7. The molecule has 0 radical (unpaired) electrons. The number of carbonyl (C=O) groups excluding carboxylic acids is 2. The fourth-order valence-electron chi connectivity index (χ4n) is 2.05. The number of nitrogens with zero attached hydrogens (tertiary/aromatic N) is 1. The molecular weight excluding hydrogens is 248 g/mol. The Bertz CT molecular complexity index is 524. The van der Waals surface area contributed by atoms with E-state index >= 15 is 0 Å². The summed E-state index contributed by atoms with van der Waals surface area (Å²) in [6.07, 6.45) is 0.0305. The van der Waals surface area contributed by atoms with Crippen LogP contribution in [0.2, 0.25) is 0 Å². The maximum Gasteiger partial charge on any atom is 0.308 e. The van der Waals surface area contributed by atoms with Gasteiger partial charge in [-0.25, -0.2) is 0 Å².